The summed E-state index contributed by atoms with van der Waals surface area (Å²) in [6, 6.07) is 5.21. The van der Waals surface area contributed by atoms with E-state index >= 15 is 0 Å². The molecule has 0 aliphatic carbocycles. The standard InChI is InChI=1S/C14H18N2O4S/c1-10(2)20-12-6-5-11(9-13(12)19-3)14-15-7-8-16(14)21(4,17)18/h5-10H,1-4H3. The summed E-state index contributed by atoms with van der Waals surface area (Å²) in [7, 11) is -1.87. The maximum atomic E-state index is 11.7. The van der Waals surface area contributed by atoms with Gasteiger partial charge in [0.15, 0.2) is 17.3 Å². The molecular formula is C14H18N2O4S. The average molecular weight is 310 g/mol. The SMILES string of the molecule is COc1cc(-c2nccn2S(C)(=O)=O)ccc1OC(C)C. The topological polar surface area (TPSA) is 70.4 Å². The Morgan fingerprint density at radius 2 is 1.95 bits per heavy atom. The number of rotatable bonds is 5. The van der Waals surface area contributed by atoms with Gasteiger partial charge in [-0.3, -0.25) is 0 Å². The van der Waals surface area contributed by atoms with Crippen molar-refractivity contribution in [3.05, 3.63) is 30.6 Å². The molecule has 1 aromatic heterocycles. The van der Waals surface area contributed by atoms with Crippen LogP contribution in [0.4, 0.5) is 0 Å². The monoisotopic (exact) mass is 310 g/mol. The minimum absolute atomic E-state index is 0.0164. The van der Waals surface area contributed by atoms with Crippen LogP contribution in [0.15, 0.2) is 30.6 Å². The molecule has 0 radical (unpaired) electrons. The van der Waals surface area contributed by atoms with E-state index in [-0.39, 0.29) is 6.10 Å². The predicted molar refractivity (Wildman–Crippen MR) is 80.2 cm³/mol. The van der Waals surface area contributed by atoms with Crippen molar-refractivity contribution in [3.8, 4) is 22.9 Å². The van der Waals surface area contributed by atoms with Gasteiger partial charge in [0.1, 0.15) is 0 Å². The first-order valence-corrected chi connectivity index (χ1v) is 8.26. The van der Waals surface area contributed by atoms with Crippen LogP contribution in [0.5, 0.6) is 11.5 Å². The summed E-state index contributed by atoms with van der Waals surface area (Å²) in [5.41, 5.74) is 0.637. The van der Waals surface area contributed by atoms with Gasteiger partial charge in [0.2, 0.25) is 10.0 Å². The highest BCUT2D eigenvalue weighted by Crippen LogP contribution is 2.32. The van der Waals surface area contributed by atoms with E-state index in [1.54, 1.807) is 18.2 Å². The zero-order valence-corrected chi connectivity index (χ0v) is 13.2. The van der Waals surface area contributed by atoms with Crippen LogP contribution in [0.3, 0.4) is 0 Å². The van der Waals surface area contributed by atoms with Crippen LogP contribution in [0.1, 0.15) is 13.8 Å². The molecule has 114 valence electrons. The molecule has 0 unspecified atom stereocenters. The maximum absolute atomic E-state index is 11.7. The fourth-order valence-electron chi connectivity index (χ4n) is 1.92. The largest absolute Gasteiger partial charge is 0.493 e. The molecule has 7 heteroatoms. The van der Waals surface area contributed by atoms with Crippen molar-refractivity contribution in [3.63, 3.8) is 0 Å². The number of benzene rings is 1. The summed E-state index contributed by atoms with van der Waals surface area (Å²) in [5, 5.41) is 0. The highest BCUT2D eigenvalue weighted by atomic mass is 32.2. The lowest BCUT2D eigenvalue weighted by molar-refractivity contribution is 0.230. The van der Waals surface area contributed by atoms with E-state index in [0.29, 0.717) is 22.9 Å². The van der Waals surface area contributed by atoms with Gasteiger partial charge in [-0.2, -0.15) is 0 Å². The molecule has 0 saturated carbocycles. The van der Waals surface area contributed by atoms with Crippen molar-refractivity contribution in [2.24, 2.45) is 0 Å². The Labute approximate surface area is 124 Å². The highest BCUT2D eigenvalue weighted by molar-refractivity contribution is 7.89. The zero-order valence-electron chi connectivity index (χ0n) is 12.4. The van der Waals surface area contributed by atoms with Crippen molar-refractivity contribution in [2.75, 3.05) is 13.4 Å². The van der Waals surface area contributed by atoms with E-state index < -0.39 is 10.0 Å². The van der Waals surface area contributed by atoms with Gasteiger partial charge in [0, 0.05) is 18.0 Å². The zero-order chi connectivity index (χ0) is 15.6. The Kier molecular flexibility index (Phi) is 4.22. The van der Waals surface area contributed by atoms with E-state index in [1.807, 2.05) is 13.8 Å². The van der Waals surface area contributed by atoms with Crippen molar-refractivity contribution in [2.45, 2.75) is 20.0 Å². The van der Waals surface area contributed by atoms with E-state index in [0.717, 1.165) is 10.2 Å². The molecule has 0 spiro atoms. The smallest absolute Gasteiger partial charge is 0.237 e. The molecule has 0 saturated heterocycles. The Bertz CT molecular complexity index is 735. The number of aromatic nitrogens is 2. The third-order valence-corrected chi connectivity index (χ3v) is 3.76. The number of hydrogen-bond donors (Lipinski definition) is 0. The van der Waals surface area contributed by atoms with Gasteiger partial charge in [-0.05, 0) is 32.0 Å². The van der Waals surface area contributed by atoms with Crippen molar-refractivity contribution < 1.29 is 17.9 Å². The molecule has 2 aromatic rings. The van der Waals surface area contributed by atoms with Crippen molar-refractivity contribution >= 4 is 10.0 Å². The lowest BCUT2D eigenvalue weighted by atomic mass is 10.2. The number of ether oxygens (including phenoxy) is 2. The normalized spacial score (nSPS) is 11.7. The Morgan fingerprint density at radius 3 is 2.52 bits per heavy atom. The second-order valence-electron chi connectivity index (χ2n) is 4.84. The Hall–Kier alpha value is -2.02. The van der Waals surface area contributed by atoms with Gasteiger partial charge in [-0.1, -0.05) is 0 Å². The molecule has 1 aromatic carbocycles. The van der Waals surface area contributed by atoms with Gasteiger partial charge >= 0.3 is 0 Å². The summed E-state index contributed by atoms with van der Waals surface area (Å²) in [6.07, 6.45) is 4.01. The van der Waals surface area contributed by atoms with Crippen LogP contribution in [-0.2, 0) is 10.0 Å². The van der Waals surface area contributed by atoms with Gasteiger partial charge in [-0.15, -0.1) is 0 Å². The van der Waals surface area contributed by atoms with Crippen LogP contribution in [0, 0.1) is 0 Å². The number of nitrogens with zero attached hydrogens (tertiary/aromatic N) is 2. The van der Waals surface area contributed by atoms with Gasteiger partial charge in [0.05, 0.1) is 19.5 Å². The fraction of sp³-hybridized carbons (Fsp3) is 0.357. The van der Waals surface area contributed by atoms with E-state index in [1.165, 1.54) is 19.5 Å². The molecular weight excluding hydrogens is 292 g/mol. The predicted octanol–water partition coefficient (Wildman–Crippen LogP) is 2.15. The Balaban J connectivity index is 2.50. The summed E-state index contributed by atoms with van der Waals surface area (Å²) >= 11 is 0. The lowest BCUT2D eigenvalue weighted by Gasteiger charge is -2.14. The van der Waals surface area contributed by atoms with E-state index in [4.69, 9.17) is 9.47 Å². The molecule has 0 N–H and O–H groups in total. The lowest BCUT2D eigenvalue weighted by Crippen LogP contribution is -2.10. The number of hydrogen-bond acceptors (Lipinski definition) is 5. The van der Waals surface area contributed by atoms with Crippen LogP contribution in [-0.4, -0.2) is 36.8 Å². The molecule has 0 amide bonds. The van der Waals surface area contributed by atoms with Gasteiger partial charge in [0.25, 0.3) is 0 Å². The second-order valence-corrected chi connectivity index (χ2v) is 6.70. The molecule has 0 fully saturated rings. The molecule has 0 aliphatic rings. The van der Waals surface area contributed by atoms with Crippen LogP contribution in [0.2, 0.25) is 0 Å². The number of methoxy groups -OCH3 is 1. The first kappa shape index (κ1) is 15.4. The van der Waals surface area contributed by atoms with E-state index in [2.05, 4.69) is 4.98 Å². The fourth-order valence-corrected chi connectivity index (χ4v) is 2.66. The summed E-state index contributed by atoms with van der Waals surface area (Å²) in [5.74, 6) is 1.48. The highest BCUT2D eigenvalue weighted by Gasteiger charge is 2.16. The van der Waals surface area contributed by atoms with Crippen LogP contribution < -0.4 is 9.47 Å². The first-order valence-electron chi connectivity index (χ1n) is 6.42. The third-order valence-electron chi connectivity index (χ3n) is 2.75. The molecule has 0 atom stereocenters. The van der Waals surface area contributed by atoms with Crippen molar-refractivity contribution in [1.82, 2.24) is 8.96 Å². The molecule has 2 rings (SSSR count). The minimum Gasteiger partial charge on any atom is -0.493 e. The summed E-state index contributed by atoms with van der Waals surface area (Å²) in [6.45, 7) is 3.84. The molecule has 0 aliphatic heterocycles. The van der Waals surface area contributed by atoms with E-state index in [9.17, 15) is 8.42 Å². The summed E-state index contributed by atoms with van der Waals surface area (Å²) < 4.78 is 35.5. The minimum atomic E-state index is -3.40. The van der Waals surface area contributed by atoms with Gasteiger partial charge < -0.3 is 9.47 Å². The van der Waals surface area contributed by atoms with Crippen LogP contribution in [0.25, 0.3) is 11.4 Å². The second kappa shape index (κ2) is 5.77. The van der Waals surface area contributed by atoms with Crippen LogP contribution >= 0.6 is 0 Å². The van der Waals surface area contributed by atoms with Gasteiger partial charge in [-0.25, -0.2) is 17.4 Å². The summed E-state index contributed by atoms with van der Waals surface area (Å²) in [4.78, 5) is 4.11. The maximum Gasteiger partial charge on any atom is 0.237 e. The third kappa shape index (κ3) is 3.36. The average Bonchev–Trinajstić information content (AvgIpc) is 2.87. The molecule has 0 bridgehead atoms. The first-order chi connectivity index (χ1) is 9.82. The van der Waals surface area contributed by atoms with Crippen molar-refractivity contribution in [1.29, 1.82) is 0 Å². The molecule has 21 heavy (non-hydrogen) atoms. The quantitative estimate of drug-likeness (QED) is 0.846. The Morgan fingerprint density at radius 1 is 1.24 bits per heavy atom. The molecule has 1 heterocycles. The number of imidazole rings is 1. The molecule has 6 nitrogen and oxygen atoms in total.